The third-order valence-electron chi connectivity index (χ3n) is 6.74. The van der Waals surface area contributed by atoms with E-state index in [1.165, 1.54) is 90.4 Å². The summed E-state index contributed by atoms with van der Waals surface area (Å²) in [6.07, 6.45) is 16.2. The minimum absolute atomic E-state index is 0.172. The molecule has 38 heavy (non-hydrogen) atoms. The molecule has 1 rings (SSSR count). The van der Waals surface area contributed by atoms with Gasteiger partial charge in [-0.25, -0.2) is 9.18 Å². The van der Waals surface area contributed by atoms with Crippen LogP contribution in [0.1, 0.15) is 139 Å². The maximum atomic E-state index is 13.9. The van der Waals surface area contributed by atoms with Gasteiger partial charge in [0, 0.05) is 0 Å². The fraction of sp³-hybridized carbons (Fsp3) is 0.733. The third-order valence-corrected chi connectivity index (χ3v) is 6.74. The van der Waals surface area contributed by atoms with Crippen molar-refractivity contribution < 1.29 is 31.9 Å². The molecule has 0 aromatic heterocycles. The van der Waals surface area contributed by atoms with Gasteiger partial charge in [0.1, 0.15) is 11.9 Å². The molecule has 8 heteroatoms. The lowest BCUT2D eigenvalue weighted by molar-refractivity contribution is -0.145. The zero-order valence-corrected chi connectivity index (χ0v) is 23.3. The first-order valence-corrected chi connectivity index (χ1v) is 14.5. The maximum absolute atomic E-state index is 13.9. The highest BCUT2D eigenvalue weighted by Crippen LogP contribution is 2.33. The number of halogens is 4. The van der Waals surface area contributed by atoms with Crippen LogP contribution in [0.5, 0.6) is 0 Å². The van der Waals surface area contributed by atoms with E-state index in [-0.39, 0.29) is 6.61 Å². The van der Waals surface area contributed by atoms with Gasteiger partial charge in [-0.2, -0.15) is 13.2 Å². The second-order valence-electron chi connectivity index (χ2n) is 10.2. The van der Waals surface area contributed by atoms with Crippen molar-refractivity contribution in [3.63, 3.8) is 0 Å². The number of hydrogen-bond donors (Lipinski definition) is 1. The summed E-state index contributed by atoms with van der Waals surface area (Å²) in [5.41, 5.74) is -2.52. The van der Waals surface area contributed by atoms with Crippen LogP contribution in [0.15, 0.2) is 18.2 Å². The van der Waals surface area contributed by atoms with E-state index >= 15 is 0 Å². The van der Waals surface area contributed by atoms with E-state index in [0.29, 0.717) is 12.5 Å². The van der Waals surface area contributed by atoms with Crippen LogP contribution in [0.4, 0.5) is 17.6 Å². The Morgan fingerprint density at radius 1 is 0.789 bits per heavy atom. The average molecular weight is 546 g/mol. The summed E-state index contributed by atoms with van der Waals surface area (Å²) < 4.78 is 58.4. The molecule has 4 nitrogen and oxygen atoms in total. The first-order chi connectivity index (χ1) is 18.2. The molecule has 218 valence electrons. The van der Waals surface area contributed by atoms with Gasteiger partial charge in [-0.05, 0) is 25.5 Å². The molecule has 0 aliphatic rings. The Morgan fingerprint density at radius 3 is 1.68 bits per heavy atom. The molecule has 0 bridgehead atoms. The Kier molecular flexibility index (Phi) is 17.7. The van der Waals surface area contributed by atoms with Crippen molar-refractivity contribution in [2.45, 2.75) is 135 Å². The van der Waals surface area contributed by atoms with Gasteiger partial charge in [0.25, 0.3) is 5.91 Å². The van der Waals surface area contributed by atoms with Crippen molar-refractivity contribution in [3.05, 3.63) is 35.1 Å². The van der Waals surface area contributed by atoms with Gasteiger partial charge in [-0.3, -0.25) is 4.79 Å². The molecule has 1 unspecified atom stereocenters. The van der Waals surface area contributed by atoms with Crippen molar-refractivity contribution in [1.29, 1.82) is 0 Å². The third kappa shape index (κ3) is 14.7. The largest absolute Gasteiger partial charge is 0.464 e. The molecule has 0 saturated heterocycles. The van der Waals surface area contributed by atoms with Gasteiger partial charge < -0.3 is 10.1 Å². The van der Waals surface area contributed by atoms with Crippen LogP contribution in [0.25, 0.3) is 0 Å². The van der Waals surface area contributed by atoms with Gasteiger partial charge in [0.15, 0.2) is 0 Å². The molecule has 0 spiro atoms. The molecular weight excluding hydrogens is 498 g/mol. The number of carbonyl (C=O) groups excluding carboxylic acids is 2. The fourth-order valence-corrected chi connectivity index (χ4v) is 4.44. The molecule has 0 saturated carbocycles. The number of carbonyl (C=O) groups is 2. The number of rotatable bonds is 21. The van der Waals surface area contributed by atoms with Crippen LogP contribution in [0.2, 0.25) is 0 Å². The Labute approximate surface area is 226 Å². The van der Waals surface area contributed by atoms with Crippen molar-refractivity contribution in [1.82, 2.24) is 5.32 Å². The van der Waals surface area contributed by atoms with E-state index in [4.69, 9.17) is 4.74 Å². The van der Waals surface area contributed by atoms with Crippen LogP contribution in [-0.4, -0.2) is 24.5 Å². The quantitative estimate of drug-likeness (QED) is 0.0952. The monoisotopic (exact) mass is 545 g/mol. The Balaban J connectivity index is 2.06. The van der Waals surface area contributed by atoms with Gasteiger partial charge in [-0.15, -0.1) is 0 Å². The number of benzene rings is 1. The molecule has 0 heterocycles. The second kappa shape index (κ2) is 19.9. The first kappa shape index (κ1) is 33.9. The van der Waals surface area contributed by atoms with Crippen molar-refractivity contribution in [2.24, 2.45) is 0 Å². The molecule has 0 aliphatic heterocycles. The maximum Gasteiger partial charge on any atom is 0.417 e. The molecule has 1 aromatic rings. The molecule has 1 N–H and O–H groups in total. The predicted octanol–water partition coefficient (Wildman–Crippen LogP) is 9.16. The van der Waals surface area contributed by atoms with Crippen molar-refractivity contribution in [3.8, 4) is 0 Å². The SMILES string of the molecule is CCCCCCCCCCCCCCCCCCCOC(=O)C(C)NC(=O)c1c(F)cccc1C(F)(F)F. The number of amides is 1. The number of nitrogens with one attached hydrogen (secondary N) is 1. The average Bonchev–Trinajstić information content (AvgIpc) is 2.87. The zero-order chi connectivity index (χ0) is 28.2. The van der Waals surface area contributed by atoms with Crippen LogP contribution >= 0.6 is 0 Å². The summed E-state index contributed by atoms with van der Waals surface area (Å²) in [4.78, 5) is 24.3. The Bertz CT molecular complexity index is 798. The zero-order valence-electron chi connectivity index (χ0n) is 23.3. The van der Waals surface area contributed by atoms with Crippen LogP contribution in [0, 0.1) is 5.82 Å². The second-order valence-corrected chi connectivity index (χ2v) is 10.2. The summed E-state index contributed by atoms with van der Waals surface area (Å²) in [5, 5.41) is 2.10. The lowest BCUT2D eigenvalue weighted by Gasteiger charge is -2.16. The Hall–Kier alpha value is -2.12. The molecule has 0 fully saturated rings. The molecule has 0 radical (unpaired) electrons. The minimum atomic E-state index is -4.90. The lowest BCUT2D eigenvalue weighted by Crippen LogP contribution is -2.40. The summed E-state index contributed by atoms with van der Waals surface area (Å²) in [6.45, 7) is 3.71. The number of unbranched alkanes of at least 4 members (excludes halogenated alkanes) is 16. The summed E-state index contributed by atoms with van der Waals surface area (Å²) in [7, 11) is 0. The number of esters is 1. The van der Waals surface area contributed by atoms with E-state index in [2.05, 4.69) is 12.2 Å². The molecule has 1 amide bonds. The van der Waals surface area contributed by atoms with E-state index < -0.39 is 41.0 Å². The Morgan fingerprint density at radius 2 is 1.24 bits per heavy atom. The van der Waals surface area contributed by atoms with Gasteiger partial charge in [0.05, 0.1) is 17.7 Å². The van der Waals surface area contributed by atoms with Gasteiger partial charge in [-0.1, -0.05) is 116 Å². The van der Waals surface area contributed by atoms with Crippen LogP contribution < -0.4 is 5.32 Å². The smallest absolute Gasteiger partial charge is 0.417 e. The van der Waals surface area contributed by atoms with E-state index in [1.54, 1.807) is 0 Å². The predicted molar refractivity (Wildman–Crippen MR) is 143 cm³/mol. The van der Waals surface area contributed by atoms with Crippen LogP contribution in [-0.2, 0) is 15.7 Å². The van der Waals surface area contributed by atoms with Crippen molar-refractivity contribution >= 4 is 11.9 Å². The highest BCUT2D eigenvalue weighted by atomic mass is 19.4. The number of hydrogen-bond acceptors (Lipinski definition) is 3. The number of alkyl halides is 3. The molecule has 0 aliphatic carbocycles. The normalized spacial score (nSPS) is 12.4. The first-order valence-electron chi connectivity index (χ1n) is 14.5. The summed E-state index contributed by atoms with van der Waals surface area (Å²) in [6, 6.07) is 1.07. The van der Waals surface area contributed by atoms with Crippen molar-refractivity contribution in [2.75, 3.05) is 6.61 Å². The van der Waals surface area contributed by atoms with E-state index in [1.807, 2.05) is 0 Å². The summed E-state index contributed by atoms with van der Waals surface area (Å²) >= 11 is 0. The fourth-order valence-electron chi connectivity index (χ4n) is 4.44. The molecule has 1 aromatic carbocycles. The van der Waals surface area contributed by atoms with Gasteiger partial charge in [0.2, 0.25) is 0 Å². The van der Waals surface area contributed by atoms with Gasteiger partial charge >= 0.3 is 12.1 Å². The summed E-state index contributed by atoms with van der Waals surface area (Å²) in [5.74, 6) is -3.38. The highest BCUT2D eigenvalue weighted by Gasteiger charge is 2.37. The molecule has 1 atom stereocenters. The minimum Gasteiger partial charge on any atom is -0.464 e. The standard InChI is InChI=1S/C30H47F4NO3/c1-3-4-5-6-7-8-9-10-11-12-13-14-15-16-17-18-19-23-38-29(37)24(2)35-28(36)27-25(30(32,33)34)21-20-22-26(27)31/h20-22,24H,3-19,23H2,1-2H3,(H,35,36). The lowest BCUT2D eigenvalue weighted by atomic mass is 10.0. The van der Waals surface area contributed by atoms with Crippen LogP contribution in [0.3, 0.4) is 0 Å². The number of ether oxygens (including phenoxy) is 1. The highest BCUT2D eigenvalue weighted by molar-refractivity contribution is 5.98. The van der Waals surface area contributed by atoms with E-state index in [0.717, 1.165) is 31.4 Å². The van der Waals surface area contributed by atoms with E-state index in [9.17, 15) is 27.2 Å². The molecular formula is C30H47F4NO3. The topological polar surface area (TPSA) is 55.4 Å².